The number of hydrogen-bond donors (Lipinski definition) is 2. The molecule has 2 fully saturated rings. The van der Waals surface area contributed by atoms with E-state index in [-0.39, 0.29) is 6.10 Å². The quantitative estimate of drug-likeness (QED) is 0.743. The van der Waals surface area contributed by atoms with Crippen LogP contribution in [0.25, 0.3) is 0 Å². The molecule has 2 N–H and O–H groups in total. The average molecular weight is 268 g/mol. The first-order chi connectivity index (χ1) is 9.28. The summed E-state index contributed by atoms with van der Waals surface area (Å²) in [7, 11) is 0. The van der Waals surface area contributed by atoms with Gasteiger partial charge in [0, 0.05) is 13.1 Å². The van der Waals surface area contributed by atoms with Gasteiger partial charge in [-0.2, -0.15) is 0 Å². The maximum Gasteiger partial charge on any atom is 0.0669 e. The molecule has 3 heteroatoms. The molecular weight excluding hydrogens is 236 g/mol. The summed E-state index contributed by atoms with van der Waals surface area (Å²) in [5.41, 5.74) is 0. The Morgan fingerprint density at radius 2 is 1.79 bits per heavy atom. The van der Waals surface area contributed by atoms with Gasteiger partial charge in [0.05, 0.1) is 6.10 Å². The first-order valence-electron chi connectivity index (χ1n) is 8.39. The van der Waals surface area contributed by atoms with Gasteiger partial charge in [-0.05, 0) is 50.7 Å². The molecular formula is C16H32N2O. The number of rotatable bonds is 7. The van der Waals surface area contributed by atoms with Crippen molar-refractivity contribution in [2.24, 2.45) is 11.8 Å². The van der Waals surface area contributed by atoms with Crippen LogP contribution in [0.5, 0.6) is 0 Å². The van der Waals surface area contributed by atoms with E-state index in [1.165, 1.54) is 58.2 Å². The van der Waals surface area contributed by atoms with E-state index in [2.05, 4.69) is 17.1 Å². The molecule has 0 aromatic heterocycles. The van der Waals surface area contributed by atoms with Crippen LogP contribution in [0, 0.1) is 11.8 Å². The van der Waals surface area contributed by atoms with E-state index in [9.17, 15) is 5.11 Å². The molecule has 1 aliphatic carbocycles. The summed E-state index contributed by atoms with van der Waals surface area (Å²) in [6.45, 7) is 7.71. The first-order valence-corrected chi connectivity index (χ1v) is 8.39. The van der Waals surface area contributed by atoms with Crippen molar-refractivity contribution in [3.63, 3.8) is 0 Å². The van der Waals surface area contributed by atoms with Gasteiger partial charge in [-0.1, -0.05) is 32.6 Å². The van der Waals surface area contributed by atoms with Gasteiger partial charge in [0.15, 0.2) is 0 Å². The number of aliphatic hydroxyl groups excluding tert-OH is 1. The molecule has 1 saturated carbocycles. The number of aliphatic hydroxyl groups is 1. The first kappa shape index (κ1) is 15.3. The molecule has 0 amide bonds. The van der Waals surface area contributed by atoms with Crippen LogP contribution in [0.1, 0.15) is 51.9 Å². The van der Waals surface area contributed by atoms with Crippen molar-refractivity contribution in [3.05, 3.63) is 0 Å². The summed E-state index contributed by atoms with van der Waals surface area (Å²) in [4.78, 5) is 2.47. The zero-order valence-electron chi connectivity index (χ0n) is 12.6. The number of nitrogens with zero attached hydrogens (tertiary/aromatic N) is 1. The third kappa shape index (κ3) is 5.41. The summed E-state index contributed by atoms with van der Waals surface area (Å²) in [5, 5.41) is 13.7. The molecule has 2 aliphatic rings. The molecule has 1 saturated heterocycles. The smallest absolute Gasteiger partial charge is 0.0669 e. The topological polar surface area (TPSA) is 35.5 Å². The Bertz CT molecular complexity index is 235. The van der Waals surface area contributed by atoms with Crippen LogP contribution in [-0.2, 0) is 0 Å². The Balaban J connectivity index is 1.67. The summed E-state index contributed by atoms with van der Waals surface area (Å²) >= 11 is 0. The van der Waals surface area contributed by atoms with Gasteiger partial charge in [-0.3, -0.25) is 0 Å². The Kier molecular flexibility index (Phi) is 6.62. The van der Waals surface area contributed by atoms with Gasteiger partial charge < -0.3 is 15.3 Å². The largest absolute Gasteiger partial charge is 0.392 e. The summed E-state index contributed by atoms with van der Waals surface area (Å²) in [6, 6.07) is 0. The Hall–Kier alpha value is -0.120. The van der Waals surface area contributed by atoms with Crippen molar-refractivity contribution >= 4 is 0 Å². The van der Waals surface area contributed by atoms with Crippen LogP contribution in [0.15, 0.2) is 0 Å². The highest BCUT2D eigenvalue weighted by Gasteiger charge is 2.22. The Morgan fingerprint density at radius 3 is 2.42 bits per heavy atom. The zero-order chi connectivity index (χ0) is 13.5. The highest BCUT2D eigenvalue weighted by molar-refractivity contribution is 4.76. The van der Waals surface area contributed by atoms with E-state index in [1.807, 2.05) is 0 Å². The van der Waals surface area contributed by atoms with Crippen LogP contribution in [0.3, 0.4) is 0 Å². The molecule has 19 heavy (non-hydrogen) atoms. The maximum absolute atomic E-state index is 10.3. The van der Waals surface area contributed by atoms with Gasteiger partial charge in [0.1, 0.15) is 0 Å². The van der Waals surface area contributed by atoms with Crippen LogP contribution >= 0.6 is 0 Å². The highest BCUT2D eigenvalue weighted by Crippen LogP contribution is 2.28. The predicted molar refractivity (Wildman–Crippen MR) is 80.3 cm³/mol. The van der Waals surface area contributed by atoms with Gasteiger partial charge in [0.25, 0.3) is 0 Å². The zero-order valence-corrected chi connectivity index (χ0v) is 12.6. The van der Waals surface area contributed by atoms with Gasteiger partial charge >= 0.3 is 0 Å². The third-order valence-electron chi connectivity index (χ3n) is 4.97. The monoisotopic (exact) mass is 268 g/mol. The lowest BCUT2D eigenvalue weighted by Crippen LogP contribution is -2.39. The minimum atomic E-state index is -0.107. The molecule has 112 valence electrons. The number of nitrogens with one attached hydrogen (secondary N) is 1. The van der Waals surface area contributed by atoms with Crippen LogP contribution < -0.4 is 5.32 Å². The molecule has 0 aromatic carbocycles. The lowest BCUT2D eigenvalue weighted by Gasteiger charge is -2.31. The van der Waals surface area contributed by atoms with Gasteiger partial charge in [-0.25, -0.2) is 0 Å². The summed E-state index contributed by atoms with van der Waals surface area (Å²) < 4.78 is 0. The molecule has 0 aromatic rings. The maximum atomic E-state index is 10.3. The molecule has 0 bridgehead atoms. The fourth-order valence-electron chi connectivity index (χ4n) is 3.77. The summed E-state index contributed by atoms with van der Waals surface area (Å²) in [5.74, 6) is 1.63. The molecule has 1 aliphatic heterocycles. The third-order valence-corrected chi connectivity index (χ3v) is 4.97. The van der Waals surface area contributed by atoms with Crippen molar-refractivity contribution in [2.75, 3.05) is 32.7 Å². The number of likely N-dealkylation sites (N-methyl/N-ethyl adjacent to an activating group) is 1. The van der Waals surface area contributed by atoms with E-state index in [0.29, 0.717) is 0 Å². The normalized spacial score (nSPS) is 24.2. The van der Waals surface area contributed by atoms with E-state index >= 15 is 0 Å². The Labute approximate surface area is 118 Å². The van der Waals surface area contributed by atoms with Crippen molar-refractivity contribution in [1.82, 2.24) is 10.2 Å². The molecule has 1 unspecified atom stereocenters. The standard InChI is InChI=1S/C16H32N2O/c1-2-18(12-15-7-9-17-10-8-15)13-16(19)11-14-5-3-4-6-14/h14-17,19H,2-13H2,1H3. The second-order valence-corrected chi connectivity index (χ2v) is 6.59. The SMILES string of the molecule is CCN(CC(O)CC1CCCC1)CC1CCNCC1. The van der Waals surface area contributed by atoms with Gasteiger partial charge in [0.2, 0.25) is 0 Å². The Morgan fingerprint density at radius 1 is 1.11 bits per heavy atom. The van der Waals surface area contributed by atoms with E-state index in [4.69, 9.17) is 0 Å². The van der Waals surface area contributed by atoms with Crippen LogP contribution in [0.2, 0.25) is 0 Å². The fourth-order valence-corrected chi connectivity index (χ4v) is 3.77. The lowest BCUT2D eigenvalue weighted by atomic mass is 9.96. The highest BCUT2D eigenvalue weighted by atomic mass is 16.3. The second kappa shape index (κ2) is 8.23. The molecule has 1 heterocycles. The molecule has 0 radical (unpaired) electrons. The minimum absolute atomic E-state index is 0.107. The van der Waals surface area contributed by atoms with Crippen molar-refractivity contribution in [3.8, 4) is 0 Å². The lowest BCUT2D eigenvalue weighted by molar-refractivity contribution is 0.0829. The van der Waals surface area contributed by atoms with E-state index in [0.717, 1.165) is 31.3 Å². The van der Waals surface area contributed by atoms with Gasteiger partial charge in [-0.15, -0.1) is 0 Å². The van der Waals surface area contributed by atoms with E-state index < -0.39 is 0 Å². The molecule has 3 nitrogen and oxygen atoms in total. The van der Waals surface area contributed by atoms with Crippen molar-refractivity contribution < 1.29 is 5.11 Å². The number of hydrogen-bond acceptors (Lipinski definition) is 3. The predicted octanol–water partition coefficient (Wildman–Crippen LogP) is 2.25. The fraction of sp³-hybridized carbons (Fsp3) is 1.00. The number of piperidine rings is 1. The molecule has 0 spiro atoms. The second-order valence-electron chi connectivity index (χ2n) is 6.59. The molecule has 2 rings (SSSR count). The van der Waals surface area contributed by atoms with Crippen molar-refractivity contribution in [1.29, 1.82) is 0 Å². The van der Waals surface area contributed by atoms with Crippen LogP contribution in [0.4, 0.5) is 0 Å². The van der Waals surface area contributed by atoms with E-state index in [1.54, 1.807) is 0 Å². The average Bonchev–Trinajstić information content (AvgIpc) is 2.92. The van der Waals surface area contributed by atoms with Crippen LogP contribution in [-0.4, -0.2) is 48.8 Å². The summed E-state index contributed by atoms with van der Waals surface area (Å²) in [6.07, 6.45) is 8.97. The molecule has 1 atom stereocenters. The van der Waals surface area contributed by atoms with Crippen molar-refractivity contribution in [2.45, 2.75) is 58.0 Å². The minimum Gasteiger partial charge on any atom is -0.392 e.